The van der Waals surface area contributed by atoms with Crippen LogP contribution in [0.3, 0.4) is 0 Å². The van der Waals surface area contributed by atoms with E-state index in [1.807, 2.05) is 0 Å². The lowest BCUT2D eigenvalue weighted by Gasteiger charge is -2.09. The molecule has 13 heavy (non-hydrogen) atoms. The van der Waals surface area contributed by atoms with Gasteiger partial charge in [-0.05, 0) is 18.8 Å². The number of nitrogens with zero attached hydrogens (tertiary/aromatic N) is 2. The summed E-state index contributed by atoms with van der Waals surface area (Å²) in [6, 6.07) is 0. The smallest absolute Gasteiger partial charge is 0.159 e. The Hall–Kier alpha value is -0.840. The van der Waals surface area contributed by atoms with Gasteiger partial charge in [-0.1, -0.05) is 20.3 Å². The van der Waals surface area contributed by atoms with Gasteiger partial charge in [-0.25, -0.2) is 0 Å². The third-order valence-corrected chi connectivity index (χ3v) is 2.41. The maximum atomic E-state index is 5.21. The molecule has 2 heteroatoms. The maximum absolute atomic E-state index is 5.21. The van der Waals surface area contributed by atoms with E-state index in [0.717, 1.165) is 25.2 Å². The molecule has 0 aliphatic carbocycles. The summed E-state index contributed by atoms with van der Waals surface area (Å²) < 4.78 is 0. The Morgan fingerprint density at radius 3 is 2.46 bits per heavy atom. The van der Waals surface area contributed by atoms with Gasteiger partial charge in [0.2, 0.25) is 0 Å². The number of terminal acetylenes is 1. The standard InChI is InChI=1S/C11H18N2/c1-4-5-8-11(12-13-11)9-6-7-10(2)3/h1,10H,5-9H2,2-3H3. The quantitative estimate of drug-likeness (QED) is 0.557. The van der Waals surface area contributed by atoms with Gasteiger partial charge in [-0.3, -0.25) is 0 Å². The lowest BCUT2D eigenvalue weighted by Crippen LogP contribution is -2.10. The molecule has 0 aromatic heterocycles. The van der Waals surface area contributed by atoms with Crippen molar-refractivity contribution in [1.82, 2.24) is 0 Å². The summed E-state index contributed by atoms with van der Waals surface area (Å²) in [5.74, 6) is 3.42. The molecule has 0 saturated heterocycles. The second-order valence-electron chi connectivity index (χ2n) is 4.17. The van der Waals surface area contributed by atoms with Gasteiger partial charge < -0.3 is 0 Å². The van der Waals surface area contributed by atoms with Crippen LogP contribution in [0.2, 0.25) is 0 Å². The molecular formula is C11H18N2. The van der Waals surface area contributed by atoms with E-state index in [0.29, 0.717) is 0 Å². The van der Waals surface area contributed by atoms with E-state index in [2.05, 4.69) is 30.0 Å². The van der Waals surface area contributed by atoms with Crippen LogP contribution in [0.1, 0.15) is 46.0 Å². The normalized spacial score (nSPS) is 17.4. The van der Waals surface area contributed by atoms with Gasteiger partial charge >= 0.3 is 0 Å². The highest BCUT2D eigenvalue weighted by molar-refractivity contribution is 4.97. The van der Waals surface area contributed by atoms with Crippen LogP contribution in [0.5, 0.6) is 0 Å². The molecule has 0 saturated carbocycles. The van der Waals surface area contributed by atoms with Crippen molar-refractivity contribution in [3.8, 4) is 12.3 Å². The Kier molecular flexibility index (Phi) is 3.48. The van der Waals surface area contributed by atoms with Crippen molar-refractivity contribution < 1.29 is 0 Å². The first-order valence-electron chi connectivity index (χ1n) is 5.06. The molecule has 0 atom stereocenters. The van der Waals surface area contributed by atoms with Gasteiger partial charge in [0.15, 0.2) is 5.66 Å². The molecule has 0 radical (unpaired) electrons. The minimum atomic E-state index is -0.0543. The molecule has 72 valence electrons. The molecule has 1 aliphatic rings. The average Bonchev–Trinajstić information content (AvgIpc) is 2.82. The Bertz CT molecular complexity index is 217. The first kappa shape index (κ1) is 10.2. The predicted molar refractivity (Wildman–Crippen MR) is 54.3 cm³/mol. The van der Waals surface area contributed by atoms with Gasteiger partial charge in [0.05, 0.1) is 0 Å². The van der Waals surface area contributed by atoms with Crippen LogP contribution >= 0.6 is 0 Å². The van der Waals surface area contributed by atoms with E-state index in [1.165, 1.54) is 12.8 Å². The summed E-state index contributed by atoms with van der Waals surface area (Å²) in [5.41, 5.74) is -0.0543. The highest BCUT2D eigenvalue weighted by Crippen LogP contribution is 2.38. The molecule has 0 amide bonds. The highest BCUT2D eigenvalue weighted by Gasteiger charge is 2.38. The molecule has 1 heterocycles. The fourth-order valence-corrected chi connectivity index (χ4v) is 1.46. The number of rotatable bonds is 6. The minimum Gasteiger partial charge on any atom is -0.159 e. The molecule has 0 fully saturated rings. The van der Waals surface area contributed by atoms with Gasteiger partial charge in [0.1, 0.15) is 0 Å². The van der Waals surface area contributed by atoms with Gasteiger partial charge in [0, 0.05) is 12.8 Å². The highest BCUT2D eigenvalue weighted by atomic mass is 15.4. The lowest BCUT2D eigenvalue weighted by molar-refractivity contribution is 0.450. The van der Waals surface area contributed by atoms with Crippen molar-refractivity contribution >= 4 is 0 Å². The fourth-order valence-electron chi connectivity index (χ4n) is 1.46. The van der Waals surface area contributed by atoms with Crippen molar-refractivity contribution in [2.45, 2.75) is 51.6 Å². The third-order valence-electron chi connectivity index (χ3n) is 2.41. The Morgan fingerprint density at radius 2 is 2.00 bits per heavy atom. The molecule has 0 aromatic rings. The van der Waals surface area contributed by atoms with Crippen molar-refractivity contribution in [1.29, 1.82) is 0 Å². The zero-order chi connectivity index (χ0) is 9.73. The van der Waals surface area contributed by atoms with Crippen LogP contribution in [-0.2, 0) is 0 Å². The van der Waals surface area contributed by atoms with E-state index in [4.69, 9.17) is 6.42 Å². The second-order valence-corrected chi connectivity index (χ2v) is 4.17. The largest absolute Gasteiger partial charge is 0.191 e. The van der Waals surface area contributed by atoms with Crippen LogP contribution in [0.15, 0.2) is 10.2 Å². The van der Waals surface area contributed by atoms with Crippen LogP contribution < -0.4 is 0 Å². The summed E-state index contributed by atoms with van der Waals surface area (Å²) in [5, 5.41) is 8.20. The van der Waals surface area contributed by atoms with E-state index in [-0.39, 0.29) is 5.66 Å². The first-order valence-corrected chi connectivity index (χ1v) is 5.06. The predicted octanol–water partition coefficient (Wildman–Crippen LogP) is 3.39. The van der Waals surface area contributed by atoms with Crippen LogP contribution in [0, 0.1) is 18.3 Å². The van der Waals surface area contributed by atoms with Gasteiger partial charge in [-0.15, -0.1) is 12.3 Å². The summed E-state index contributed by atoms with van der Waals surface area (Å²) in [4.78, 5) is 0. The van der Waals surface area contributed by atoms with Crippen LogP contribution in [-0.4, -0.2) is 5.66 Å². The minimum absolute atomic E-state index is 0.0543. The van der Waals surface area contributed by atoms with E-state index >= 15 is 0 Å². The SMILES string of the molecule is C#CCCC1(CCCC(C)C)N=N1. The van der Waals surface area contributed by atoms with Crippen LogP contribution in [0.25, 0.3) is 0 Å². The monoisotopic (exact) mass is 178 g/mol. The van der Waals surface area contributed by atoms with Crippen molar-refractivity contribution in [2.24, 2.45) is 16.1 Å². The summed E-state index contributed by atoms with van der Waals surface area (Å²) in [6.45, 7) is 4.49. The van der Waals surface area contributed by atoms with Gasteiger partial charge in [0.25, 0.3) is 0 Å². The zero-order valence-corrected chi connectivity index (χ0v) is 8.58. The molecule has 0 spiro atoms. The molecule has 0 bridgehead atoms. The summed E-state index contributed by atoms with van der Waals surface area (Å²) in [6.07, 6.45) is 10.5. The maximum Gasteiger partial charge on any atom is 0.191 e. The van der Waals surface area contributed by atoms with Crippen molar-refractivity contribution in [3.05, 3.63) is 0 Å². The van der Waals surface area contributed by atoms with Gasteiger partial charge in [-0.2, -0.15) is 10.2 Å². The first-order chi connectivity index (χ1) is 6.18. The molecule has 1 aliphatic heterocycles. The molecule has 2 nitrogen and oxygen atoms in total. The van der Waals surface area contributed by atoms with E-state index < -0.39 is 0 Å². The van der Waals surface area contributed by atoms with E-state index in [9.17, 15) is 0 Å². The zero-order valence-electron chi connectivity index (χ0n) is 8.58. The van der Waals surface area contributed by atoms with Crippen molar-refractivity contribution in [2.75, 3.05) is 0 Å². The lowest BCUT2D eigenvalue weighted by atomic mass is 9.98. The van der Waals surface area contributed by atoms with Crippen molar-refractivity contribution in [3.63, 3.8) is 0 Å². The number of hydrogen-bond acceptors (Lipinski definition) is 2. The Morgan fingerprint density at radius 1 is 1.31 bits per heavy atom. The molecule has 0 aromatic carbocycles. The summed E-state index contributed by atoms with van der Waals surface area (Å²) >= 11 is 0. The summed E-state index contributed by atoms with van der Waals surface area (Å²) in [7, 11) is 0. The van der Waals surface area contributed by atoms with E-state index in [1.54, 1.807) is 0 Å². The third kappa shape index (κ3) is 3.59. The Balaban J connectivity index is 2.10. The Labute approximate surface area is 80.8 Å². The molecular weight excluding hydrogens is 160 g/mol. The molecule has 1 rings (SSSR count). The average molecular weight is 178 g/mol. The van der Waals surface area contributed by atoms with Crippen LogP contribution in [0.4, 0.5) is 0 Å². The fraction of sp³-hybridized carbons (Fsp3) is 0.818. The molecule has 0 unspecified atom stereocenters. The molecule has 0 N–H and O–H groups in total. The topological polar surface area (TPSA) is 24.7 Å². The number of hydrogen-bond donors (Lipinski definition) is 0. The second kappa shape index (κ2) is 4.41.